The Labute approximate surface area is 115 Å². The zero-order chi connectivity index (χ0) is 13.8. The van der Waals surface area contributed by atoms with Gasteiger partial charge in [0, 0.05) is 18.0 Å². The maximum absolute atomic E-state index is 12.0. The highest BCUT2D eigenvalue weighted by atomic mass is 32.1. The average Bonchev–Trinajstić information content (AvgIpc) is 2.88. The molecule has 0 aliphatic heterocycles. The number of aliphatic carboxylic acids is 1. The molecule has 1 aromatic heterocycles. The topological polar surface area (TPSA) is 105 Å². The maximum atomic E-state index is 12.0. The van der Waals surface area contributed by atoms with Crippen LogP contribution in [0.15, 0.2) is 5.38 Å². The Bertz CT molecular complexity index is 475. The van der Waals surface area contributed by atoms with Gasteiger partial charge in [0.05, 0.1) is 5.92 Å². The molecule has 4 N–H and O–H groups in total. The molecule has 1 amide bonds. The number of aromatic nitrogens is 1. The van der Waals surface area contributed by atoms with Gasteiger partial charge in [-0.05, 0) is 12.8 Å². The number of nitrogens with zero attached hydrogens (tertiary/aromatic N) is 1. The second-order valence-electron chi connectivity index (χ2n) is 4.64. The van der Waals surface area contributed by atoms with Crippen LogP contribution < -0.4 is 11.1 Å². The van der Waals surface area contributed by atoms with E-state index in [1.54, 1.807) is 5.38 Å². The summed E-state index contributed by atoms with van der Waals surface area (Å²) in [4.78, 5) is 27.3. The lowest BCUT2D eigenvalue weighted by Crippen LogP contribution is -2.45. The van der Waals surface area contributed by atoms with E-state index in [9.17, 15) is 9.59 Å². The Balaban J connectivity index is 2.02. The summed E-state index contributed by atoms with van der Waals surface area (Å²) in [5.74, 6) is -1.65. The van der Waals surface area contributed by atoms with E-state index in [4.69, 9.17) is 10.8 Å². The van der Waals surface area contributed by atoms with E-state index in [1.165, 1.54) is 11.3 Å². The van der Waals surface area contributed by atoms with Crippen molar-refractivity contribution in [3.8, 4) is 0 Å². The molecule has 19 heavy (non-hydrogen) atoms. The summed E-state index contributed by atoms with van der Waals surface area (Å²) in [5, 5.41) is 14.3. The van der Waals surface area contributed by atoms with E-state index in [1.807, 2.05) is 0 Å². The third kappa shape index (κ3) is 3.30. The summed E-state index contributed by atoms with van der Waals surface area (Å²) in [7, 11) is 0. The normalized spacial score (nSPS) is 23.0. The van der Waals surface area contributed by atoms with Gasteiger partial charge in [0.25, 0.3) is 5.91 Å². The van der Waals surface area contributed by atoms with Gasteiger partial charge in [0.2, 0.25) is 0 Å². The summed E-state index contributed by atoms with van der Waals surface area (Å²) in [6.07, 6.45) is 3.17. The summed E-state index contributed by atoms with van der Waals surface area (Å²) < 4.78 is 0. The van der Waals surface area contributed by atoms with Crippen molar-refractivity contribution >= 4 is 23.2 Å². The highest BCUT2D eigenvalue weighted by molar-refractivity contribution is 7.09. The molecule has 0 radical (unpaired) electrons. The van der Waals surface area contributed by atoms with Gasteiger partial charge in [-0.15, -0.1) is 11.3 Å². The molecule has 1 aliphatic carbocycles. The summed E-state index contributed by atoms with van der Waals surface area (Å²) in [5.41, 5.74) is 5.77. The fraction of sp³-hybridized carbons (Fsp3) is 0.583. The van der Waals surface area contributed by atoms with Crippen molar-refractivity contribution in [2.45, 2.75) is 38.3 Å². The molecule has 0 aromatic carbocycles. The highest BCUT2D eigenvalue weighted by Gasteiger charge is 2.32. The summed E-state index contributed by atoms with van der Waals surface area (Å²) in [6, 6.07) is -0.304. The van der Waals surface area contributed by atoms with Gasteiger partial charge in [-0.1, -0.05) is 12.8 Å². The number of amides is 1. The van der Waals surface area contributed by atoms with Crippen molar-refractivity contribution < 1.29 is 14.7 Å². The van der Waals surface area contributed by atoms with Crippen LogP contribution in [0.1, 0.15) is 41.2 Å². The first kappa shape index (κ1) is 14.0. The summed E-state index contributed by atoms with van der Waals surface area (Å²) >= 11 is 1.33. The molecule has 6 nitrogen and oxygen atoms in total. The molecule has 7 heteroatoms. The van der Waals surface area contributed by atoms with E-state index >= 15 is 0 Å². The molecule has 2 unspecified atom stereocenters. The molecule has 1 aromatic rings. The minimum atomic E-state index is -0.842. The maximum Gasteiger partial charge on any atom is 0.308 e. The number of nitrogens with two attached hydrogens (primary N) is 1. The first-order valence-corrected chi connectivity index (χ1v) is 7.18. The number of thiazole rings is 1. The second kappa shape index (κ2) is 6.12. The smallest absolute Gasteiger partial charge is 0.308 e. The van der Waals surface area contributed by atoms with Crippen molar-refractivity contribution in [3.63, 3.8) is 0 Å². The predicted molar refractivity (Wildman–Crippen MR) is 70.9 cm³/mol. The van der Waals surface area contributed by atoms with Crippen molar-refractivity contribution in [2.24, 2.45) is 11.7 Å². The van der Waals surface area contributed by atoms with E-state index in [0.717, 1.165) is 12.8 Å². The van der Waals surface area contributed by atoms with Crippen molar-refractivity contribution in [1.82, 2.24) is 10.3 Å². The average molecular weight is 283 g/mol. The van der Waals surface area contributed by atoms with Gasteiger partial charge in [0.1, 0.15) is 10.7 Å². The third-order valence-electron chi connectivity index (χ3n) is 3.36. The zero-order valence-electron chi connectivity index (χ0n) is 10.5. The van der Waals surface area contributed by atoms with Crippen LogP contribution in [0.3, 0.4) is 0 Å². The van der Waals surface area contributed by atoms with Gasteiger partial charge in [-0.25, -0.2) is 4.98 Å². The predicted octanol–water partition coefficient (Wildman–Crippen LogP) is 0.975. The molecule has 0 saturated heterocycles. The number of carbonyl (C=O) groups excluding carboxylic acids is 1. The van der Waals surface area contributed by atoms with E-state index < -0.39 is 11.9 Å². The van der Waals surface area contributed by atoms with E-state index in [2.05, 4.69) is 10.3 Å². The monoisotopic (exact) mass is 283 g/mol. The largest absolute Gasteiger partial charge is 0.481 e. The van der Waals surface area contributed by atoms with Crippen LogP contribution >= 0.6 is 11.3 Å². The molecule has 1 saturated carbocycles. The molecule has 1 aliphatic rings. The number of carboxylic acid groups (broad SMARTS) is 1. The Morgan fingerprint density at radius 2 is 2.21 bits per heavy atom. The fourth-order valence-electron chi connectivity index (χ4n) is 2.35. The molecule has 104 valence electrons. The van der Waals surface area contributed by atoms with Crippen LogP contribution in [0, 0.1) is 5.92 Å². The molecule has 0 bridgehead atoms. The third-order valence-corrected chi connectivity index (χ3v) is 4.23. The Morgan fingerprint density at radius 3 is 2.84 bits per heavy atom. The van der Waals surface area contributed by atoms with Gasteiger partial charge < -0.3 is 16.2 Å². The zero-order valence-corrected chi connectivity index (χ0v) is 11.3. The molecular formula is C12H17N3O3S. The summed E-state index contributed by atoms with van der Waals surface area (Å²) in [6.45, 7) is 0.305. The Kier molecular flexibility index (Phi) is 4.49. The molecule has 0 spiro atoms. The number of rotatable bonds is 4. The van der Waals surface area contributed by atoms with Crippen LogP contribution in [-0.4, -0.2) is 28.0 Å². The van der Waals surface area contributed by atoms with E-state index in [-0.39, 0.29) is 11.9 Å². The molecule has 2 atom stereocenters. The first-order valence-electron chi connectivity index (χ1n) is 6.30. The van der Waals surface area contributed by atoms with E-state index in [0.29, 0.717) is 30.1 Å². The number of hydrogen-bond donors (Lipinski definition) is 3. The molecule has 1 fully saturated rings. The van der Waals surface area contributed by atoms with Gasteiger partial charge in [0.15, 0.2) is 0 Å². The number of carboxylic acids is 1. The lowest BCUT2D eigenvalue weighted by Gasteiger charge is -2.28. The Hall–Kier alpha value is -1.47. The minimum Gasteiger partial charge on any atom is -0.481 e. The minimum absolute atomic E-state index is 0.304. The first-order chi connectivity index (χ1) is 9.11. The lowest BCUT2D eigenvalue weighted by atomic mass is 9.84. The van der Waals surface area contributed by atoms with Crippen LogP contribution in [0.5, 0.6) is 0 Å². The Morgan fingerprint density at radius 1 is 1.47 bits per heavy atom. The fourth-order valence-corrected chi connectivity index (χ4v) is 3.01. The standard InChI is InChI=1S/C12H17N3O3S/c13-5-10-14-9(6-19-10)11(16)15-8-4-2-1-3-7(8)12(17)18/h6-8H,1-5,13H2,(H,15,16)(H,17,18). The van der Waals surface area contributed by atoms with Crippen molar-refractivity contribution in [2.75, 3.05) is 0 Å². The molecular weight excluding hydrogens is 266 g/mol. The number of carbonyl (C=O) groups is 2. The van der Waals surface area contributed by atoms with Gasteiger partial charge in [-0.2, -0.15) is 0 Å². The lowest BCUT2D eigenvalue weighted by molar-refractivity contribution is -0.143. The van der Waals surface area contributed by atoms with Crippen LogP contribution in [0.4, 0.5) is 0 Å². The number of nitrogens with one attached hydrogen (secondary N) is 1. The van der Waals surface area contributed by atoms with Crippen LogP contribution in [0.2, 0.25) is 0 Å². The highest BCUT2D eigenvalue weighted by Crippen LogP contribution is 2.25. The molecule has 2 rings (SSSR count). The van der Waals surface area contributed by atoms with Crippen molar-refractivity contribution in [3.05, 3.63) is 16.1 Å². The van der Waals surface area contributed by atoms with Gasteiger partial charge in [-0.3, -0.25) is 9.59 Å². The SMILES string of the molecule is NCc1nc(C(=O)NC2CCCCC2C(=O)O)cs1. The molecule has 1 heterocycles. The van der Waals surface area contributed by atoms with Crippen LogP contribution in [-0.2, 0) is 11.3 Å². The number of hydrogen-bond acceptors (Lipinski definition) is 5. The quantitative estimate of drug-likeness (QED) is 0.763. The van der Waals surface area contributed by atoms with Crippen molar-refractivity contribution in [1.29, 1.82) is 0 Å². The van der Waals surface area contributed by atoms with Gasteiger partial charge >= 0.3 is 5.97 Å². The van der Waals surface area contributed by atoms with Crippen LogP contribution in [0.25, 0.3) is 0 Å². The second-order valence-corrected chi connectivity index (χ2v) is 5.58.